The van der Waals surface area contributed by atoms with E-state index in [0.29, 0.717) is 22.4 Å². The quantitative estimate of drug-likeness (QED) is 0.279. The number of ketones is 2. The van der Waals surface area contributed by atoms with E-state index in [2.05, 4.69) is 4.98 Å². The first kappa shape index (κ1) is 19.3. The molecule has 3 aromatic carbocycles. The fraction of sp³-hybridized carbons (Fsp3) is 0.0741. The van der Waals surface area contributed by atoms with Gasteiger partial charge in [0.1, 0.15) is 5.75 Å². The van der Waals surface area contributed by atoms with E-state index in [9.17, 15) is 9.59 Å². The van der Waals surface area contributed by atoms with E-state index in [1.165, 1.54) is 6.08 Å². The second-order valence-corrected chi connectivity index (χ2v) is 8.02. The summed E-state index contributed by atoms with van der Waals surface area (Å²) in [6.45, 7) is 0. The molecule has 0 unspecified atom stereocenters. The van der Waals surface area contributed by atoms with Gasteiger partial charge in [-0.1, -0.05) is 24.3 Å². The van der Waals surface area contributed by atoms with Crippen LogP contribution in [-0.2, 0) is 7.05 Å². The van der Waals surface area contributed by atoms with Crippen molar-refractivity contribution in [2.24, 2.45) is 7.05 Å². The Morgan fingerprint density at radius 3 is 2.12 bits per heavy atom. The first-order valence-electron chi connectivity index (χ1n) is 10.5. The van der Waals surface area contributed by atoms with Crippen molar-refractivity contribution in [1.29, 1.82) is 0 Å². The van der Waals surface area contributed by atoms with Crippen molar-refractivity contribution < 1.29 is 18.7 Å². The zero-order chi connectivity index (χ0) is 22.7. The number of carbonyl (C=O) groups is 2. The maximum absolute atomic E-state index is 13.0. The molecular weight excluding hydrogens is 416 g/mol. The van der Waals surface area contributed by atoms with Gasteiger partial charge in [0.15, 0.2) is 22.8 Å². The van der Waals surface area contributed by atoms with Gasteiger partial charge in [-0.05, 0) is 52.7 Å². The maximum Gasteiger partial charge on any atom is 0.222 e. The van der Waals surface area contributed by atoms with E-state index in [-0.39, 0.29) is 23.0 Å². The number of benzene rings is 3. The number of fused-ring (bicyclic) bond motifs is 3. The summed E-state index contributed by atoms with van der Waals surface area (Å²) in [6.07, 6.45) is 1.45. The van der Waals surface area contributed by atoms with E-state index in [4.69, 9.17) is 9.15 Å². The Morgan fingerprint density at radius 2 is 1.55 bits per heavy atom. The van der Waals surface area contributed by atoms with Gasteiger partial charge in [-0.15, -0.1) is 0 Å². The molecule has 6 heteroatoms. The van der Waals surface area contributed by atoms with Gasteiger partial charge in [0.05, 0.1) is 18.4 Å². The average molecular weight is 434 g/mol. The minimum Gasteiger partial charge on any atom is -0.497 e. The Bertz CT molecular complexity index is 1580. The molecule has 0 spiro atoms. The first-order chi connectivity index (χ1) is 16.0. The van der Waals surface area contributed by atoms with Crippen molar-refractivity contribution in [3.63, 3.8) is 0 Å². The van der Waals surface area contributed by atoms with Crippen LogP contribution in [0.4, 0.5) is 0 Å². The molecule has 6 nitrogen and oxygen atoms in total. The summed E-state index contributed by atoms with van der Waals surface area (Å²) in [5.41, 5.74) is 4.05. The highest BCUT2D eigenvalue weighted by Gasteiger charge is 2.34. The highest BCUT2D eigenvalue weighted by Crippen LogP contribution is 2.33. The number of methoxy groups -OCH3 is 1. The van der Waals surface area contributed by atoms with Crippen LogP contribution in [0, 0.1) is 0 Å². The van der Waals surface area contributed by atoms with Crippen LogP contribution in [0.5, 0.6) is 5.75 Å². The Morgan fingerprint density at radius 1 is 0.909 bits per heavy atom. The van der Waals surface area contributed by atoms with Gasteiger partial charge >= 0.3 is 0 Å². The number of rotatable bonds is 3. The summed E-state index contributed by atoms with van der Waals surface area (Å²) >= 11 is 0. The van der Waals surface area contributed by atoms with Crippen LogP contribution in [0.1, 0.15) is 26.6 Å². The second-order valence-electron chi connectivity index (χ2n) is 8.02. The lowest BCUT2D eigenvalue weighted by Gasteiger charge is -2.04. The maximum atomic E-state index is 13.0. The number of allylic oxidation sites excluding steroid dienone is 1. The third-order valence-electron chi connectivity index (χ3n) is 6.12. The minimum absolute atomic E-state index is 0.0715. The number of oxazole rings is 1. The standard InChI is InChI=1S/C27H18N2O4/c1-29-22(15-7-9-18(32-2)10-8-15)14-23-27(29)28-24(33-23)13-21-25(30)19-11-16-5-3-4-6-17(16)12-20(19)26(21)31/h3-14H,1-2H3. The molecule has 0 amide bonds. The molecule has 2 aromatic heterocycles. The molecule has 0 aliphatic heterocycles. The SMILES string of the molecule is COc1ccc(-c2cc3oc(C=C4C(=O)c5cc6ccccc6cc5C4=O)nc3n2C)cc1. The lowest BCUT2D eigenvalue weighted by atomic mass is 10.0. The molecule has 0 fully saturated rings. The van der Waals surface area contributed by atoms with E-state index in [1.54, 1.807) is 19.2 Å². The highest BCUT2D eigenvalue weighted by molar-refractivity contribution is 6.42. The van der Waals surface area contributed by atoms with Gasteiger partial charge in [0.25, 0.3) is 0 Å². The Hall–Kier alpha value is -4.45. The van der Waals surface area contributed by atoms with Crippen LogP contribution < -0.4 is 4.74 Å². The van der Waals surface area contributed by atoms with Gasteiger partial charge in [0.2, 0.25) is 5.89 Å². The van der Waals surface area contributed by atoms with Crippen LogP contribution >= 0.6 is 0 Å². The van der Waals surface area contributed by atoms with Gasteiger partial charge in [-0.2, -0.15) is 4.98 Å². The third kappa shape index (κ3) is 2.91. The Balaban J connectivity index is 1.38. The predicted molar refractivity (Wildman–Crippen MR) is 126 cm³/mol. The molecule has 0 saturated heterocycles. The van der Waals surface area contributed by atoms with Crippen LogP contribution in [0.25, 0.3) is 39.3 Å². The van der Waals surface area contributed by atoms with Crippen molar-refractivity contribution in [1.82, 2.24) is 9.55 Å². The average Bonchev–Trinajstić information content (AvgIpc) is 3.45. The zero-order valence-corrected chi connectivity index (χ0v) is 18.0. The molecule has 1 aliphatic rings. The largest absolute Gasteiger partial charge is 0.497 e. The molecule has 0 atom stereocenters. The van der Waals surface area contributed by atoms with E-state index in [0.717, 1.165) is 27.8 Å². The fourth-order valence-corrected chi connectivity index (χ4v) is 4.37. The molecule has 5 aromatic rings. The van der Waals surface area contributed by atoms with E-state index >= 15 is 0 Å². The molecule has 0 bridgehead atoms. The monoisotopic (exact) mass is 434 g/mol. The van der Waals surface area contributed by atoms with E-state index in [1.807, 2.05) is 66.2 Å². The summed E-state index contributed by atoms with van der Waals surface area (Å²) in [5, 5.41) is 1.85. The van der Waals surface area contributed by atoms with Crippen LogP contribution in [0.3, 0.4) is 0 Å². The normalized spacial score (nSPS) is 13.2. The fourth-order valence-electron chi connectivity index (χ4n) is 4.37. The van der Waals surface area contributed by atoms with Crippen molar-refractivity contribution in [2.75, 3.05) is 7.11 Å². The molecule has 6 rings (SSSR count). The van der Waals surface area contributed by atoms with Crippen molar-refractivity contribution in [3.8, 4) is 17.0 Å². The number of hydrogen-bond acceptors (Lipinski definition) is 5. The second kappa shape index (κ2) is 7.03. The lowest BCUT2D eigenvalue weighted by molar-refractivity contribution is 0.0990. The molecular formula is C27H18N2O4. The number of aryl methyl sites for hydroxylation is 1. The molecule has 2 heterocycles. The summed E-state index contributed by atoms with van der Waals surface area (Å²) in [7, 11) is 3.53. The zero-order valence-electron chi connectivity index (χ0n) is 18.0. The molecule has 0 saturated carbocycles. The van der Waals surface area contributed by atoms with Gasteiger partial charge in [-0.3, -0.25) is 9.59 Å². The number of hydrogen-bond donors (Lipinski definition) is 0. The highest BCUT2D eigenvalue weighted by atomic mass is 16.5. The number of ether oxygens (including phenoxy) is 1. The number of Topliss-reactive ketones (excluding diaryl/α,β-unsaturated/α-hetero) is 2. The molecule has 0 N–H and O–H groups in total. The minimum atomic E-state index is -0.304. The smallest absolute Gasteiger partial charge is 0.222 e. The van der Waals surface area contributed by atoms with Gasteiger partial charge in [0, 0.05) is 30.3 Å². The molecule has 33 heavy (non-hydrogen) atoms. The Kier molecular flexibility index (Phi) is 4.10. The van der Waals surface area contributed by atoms with E-state index < -0.39 is 0 Å². The third-order valence-corrected chi connectivity index (χ3v) is 6.12. The Labute approximate surface area is 188 Å². The van der Waals surface area contributed by atoms with Crippen LogP contribution in [0.2, 0.25) is 0 Å². The van der Waals surface area contributed by atoms with Gasteiger partial charge in [-0.25, -0.2) is 0 Å². The summed E-state index contributed by atoms with van der Waals surface area (Å²) in [4.78, 5) is 30.5. The lowest BCUT2D eigenvalue weighted by Crippen LogP contribution is -2.00. The number of nitrogens with zero attached hydrogens (tertiary/aromatic N) is 2. The molecule has 0 radical (unpaired) electrons. The molecule has 160 valence electrons. The summed E-state index contributed by atoms with van der Waals surface area (Å²) in [5.74, 6) is 0.401. The first-order valence-corrected chi connectivity index (χ1v) is 10.5. The van der Waals surface area contributed by atoms with Crippen molar-refractivity contribution in [3.05, 3.63) is 89.3 Å². The summed E-state index contributed by atoms with van der Waals surface area (Å²) < 4.78 is 13.0. The predicted octanol–water partition coefficient (Wildman–Crippen LogP) is 5.46. The van der Waals surface area contributed by atoms with Crippen molar-refractivity contribution in [2.45, 2.75) is 0 Å². The topological polar surface area (TPSA) is 74.3 Å². The molecule has 1 aliphatic carbocycles. The van der Waals surface area contributed by atoms with Crippen LogP contribution in [0.15, 0.2) is 76.7 Å². The summed E-state index contributed by atoms with van der Waals surface area (Å²) in [6, 6.07) is 20.8. The van der Waals surface area contributed by atoms with Gasteiger partial charge < -0.3 is 13.7 Å². The van der Waals surface area contributed by atoms with Crippen LogP contribution in [-0.4, -0.2) is 28.2 Å². The van der Waals surface area contributed by atoms with Crippen molar-refractivity contribution >= 4 is 39.6 Å². The number of aromatic nitrogens is 2. The number of carbonyl (C=O) groups excluding carboxylic acids is 2.